The first-order valence-corrected chi connectivity index (χ1v) is 10.3. The number of ether oxygens (including phenoxy) is 1. The molecule has 0 radical (unpaired) electrons. The third-order valence-electron chi connectivity index (χ3n) is 6.38. The monoisotopic (exact) mass is 452 g/mol. The Morgan fingerprint density at radius 3 is 2.36 bits per heavy atom. The lowest BCUT2D eigenvalue weighted by Crippen LogP contribution is -2.51. The van der Waals surface area contributed by atoms with Gasteiger partial charge in [0.25, 0.3) is 11.8 Å². The van der Waals surface area contributed by atoms with Crippen LogP contribution < -0.4 is 4.74 Å². The zero-order chi connectivity index (χ0) is 23.5. The van der Waals surface area contributed by atoms with Crippen LogP contribution in [-0.4, -0.2) is 41.8 Å². The molecule has 1 saturated heterocycles. The number of aryl methyl sites for hydroxylation is 1. The second-order valence-corrected chi connectivity index (χ2v) is 8.07. The number of benzene rings is 3. The lowest BCUT2D eigenvalue weighted by molar-refractivity contribution is 0.0374. The van der Waals surface area contributed by atoms with Gasteiger partial charge in [0.1, 0.15) is 5.75 Å². The number of fused-ring (bicyclic) bond motifs is 3. The highest BCUT2D eigenvalue weighted by Crippen LogP contribution is 2.50. The summed E-state index contributed by atoms with van der Waals surface area (Å²) in [6.07, 6.45) is 0. The Balaban J connectivity index is 1.75. The van der Waals surface area contributed by atoms with E-state index >= 15 is 0 Å². The van der Waals surface area contributed by atoms with Crippen LogP contribution in [0.25, 0.3) is 0 Å². The first kappa shape index (κ1) is 21.1. The summed E-state index contributed by atoms with van der Waals surface area (Å²) in [4.78, 5) is 29.9. The first-order chi connectivity index (χ1) is 15.8. The number of hydrogen-bond acceptors (Lipinski definition) is 3. The SMILES string of the molecule is COc1ccc([C@@]23c4ccccc4C(=O)N2CCN3C(=O)c2cc(F)c(F)c(F)c2)cc1C. The van der Waals surface area contributed by atoms with Crippen molar-refractivity contribution in [2.24, 2.45) is 0 Å². The van der Waals surface area contributed by atoms with E-state index in [0.717, 1.165) is 5.56 Å². The molecule has 0 spiro atoms. The molecular weight excluding hydrogens is 433 g/mol. The average Bonchev–Trinajstić information content (AvgIpc) is 3.32. The first-order valence-electron chi connectivity index (χ1n) is 10.3. The minimum Gasteiger partial charge on any atom is -0.496 e. The van der Waals surface area contributed by atoms with Crippen molar-refractivity contribution >= 4 is 11.8 Å². The van der Waals surface area contributed by atoms with Crippen LogP contribution in [0.1, 0.15) is 37.4 Å². The molecule has 3 aromatic rings. The van der Waals surface area contributed by atoms with Crippen LogP contribution in [-0.2, 0) is 5.66 Å². The number of amides is 2. The van der Waals surface area contributed by atoms with Crippen molar-refractivity contribution in [3.05, 3.63) is 99.9 Å². The number of carbonyl (C=O) groups is 2. The van der Waals surface area contributed by atoms with E-state index in [9.17, 15) is 22.8 Å². The molecule has 0 saturated carbocycles. The number of methoxy groups -OCH3 is 1. The number of hydrogen-bond donors (Lipinski definition) is 0. The van der Waals surface area contributed by atoms with Crippen LogP contribution in [0.5, 0.6) is 5.75 Å². The Kier molecular flexibility index (Phi) is 4.70. The summed E-state index contributed by atoms with van der Waals surface area (Å²) in [6, 6.07) is 13.7. The van der Waals surface area contributed by atoms with Gasteiger partial charge in [-0.1, -0.05) is 24.3 Å². The largest absolute Gasteiger partial charge is 0.496 e. The van der Waals surface area contributed by atoms with Crippen molar-refractivity contribution in [1.82, 2.24) is 9.80 Å². The summed E-state index contributed by atoms with van der Waals surface area (Å²) in [6.45, 7) is 2.19. The average molecular weight is 452 g/mol. The van der Waals surface area contributed by atoms with Crippen LogP contribution in [0, 0.1) is 24.4 Å². The maximum atomic E-state index is 13.9. The van der Waals surface area contributed by atoms with Crippen molar-refractivity contribution in [2.75, 3.05) is 20.2 Å². The summed E-state index contributed by atoms with van der Waals surface area (Å²) in [7, 11) is 1.55. The molecule has 1 fully saturated rings. The van der Waals surface area contributed by atoms with Gasteiger partial charge >= 0.3 is 0 Å². The standard InChI is InChI=1S/C25H19F3N2O3/c1-14-11-16(7-8-21(14)33-2)25-18-6-4-3-5-17(18)24(32)30(25)10-9-29(25)23(31)15-12-19(26)22(28)20(27)13-15/h3-8,11-13H,9-10H2,1-2H3/t25-/m0/s1. The van der Waals surface area contributed by atoms with Gasteiger partial charge in [-0.15, -0.1) is 0 Å². The number of carbonyl (C=O) groups excluding carboxylic acids is 2. The molecule has 0 unspecified atom stereocenters. The van der Waals surface area contributed by atoms with E-state index in [-0.39, 0.29) is 24.6 Å². The lowest BCUT2D eigenvalue weighted by atomic mass is 9.88. The molecule has 0 N–H and O–H groups in total. The molecule has 33 heavy (non-hydrogen) atoms. The Morgan fingerprint density at radius 1 is 1.00 bits per heavy atom. The minimum atomic E-state index is -1.64. The maximum Gasteiger partial charge on any atom is 0.256 e. The quantitative estimate of drug-likeness (QED) is 0.559. The molecule has 2 aliphatic rings. The molecule has 0 bridgehead atoms. The van der Waals surface area contributed by atoms with Crippen molar-refractivity contribution in [3.63, 3.8) is 0 Å². The van der Waals surface area contributed by atoms with E-state index in [2.05, 4.69) is 0 Å². The molecule has 5 rings (SSSR count). The van der Waals surface area contributed by atoms with Gasteiger partial charge in [-0.3, -0.25) is 9.59 Å². The van der Waals surface area contributed by atoms with Gasteiger partial charge < -0.3 is 14.5 Å². The molecule has 2 amide bonds. The van der Waals surface area contributed by atoms with E-state index in [1.807, 2.05) is 13.0 Å². The van der Waals surface area contributed by atoms with Gasteiger partial charge in [-0.05, 0) is 42.8 Å². The predicted octanol–water partition coefficient (Wildman–Crippen LogP) is 4.23. The van der Waals surface area contributed by atoms with Crippen LogP contribution in [0.15, 0.2) is 54.6 Å². The van der Waals surface area contributed by atoms with Crippen molar-refractivity contribution in [1.29, 1.82) is 0 Å². The Bertz CT molecular complexity index is 1300. The topological polar surface area (TPSA) is 49.9 Å². The van der Waals surface area contributed by atoms with Crippen LogP contribution in [0.3, 0.4) is 0 Å². The van der Waals surface area contributed by atoms with Gasteiger partial charge in [0, 0.05) is 35.3 Å². The fraction of sp³-hybridized carbons (Fsp3) is 0.200. The number of nitrogens with zero attached hydrogens (tertiary/aromatic N) is 2. The number of halogens is 3. The molecule has 2 heterocycles. The van der Waals surface area contributed by atoms with E-state index in [1.54, 1.807) is 48.4 Å². The third kappa shape index (κ3) is 2.79. The van der Waals surface area contributed by atoms with Gasteiger partial charge in [0.05, 0.1) is 7.11 Å². The maximum absolute atomic E-state index is 13.9. The highest BCUT2D eigenvalue weighted by molar-refractivity contribution is 6.03. The Morgan fingerprint density at radius 2 is 1.70 bits per heavy atom. The normalized spacial score (nSPS) is 19.0. The Hall–Kier alpha value is -3.81. The molecule has 1 atom stereocenters. The van der Waals surface area contributed by atoms with Crippen molar-refractivity contribution < 1.29 is 27.5 Å². The van der Waals surface area contributed by atoms with E-state index in [4.69, 9.17) is 4.74 Å². The van der Waals surface area contributed by atoms with Crippen LogP contribution >= 0.6 is 0 Å². The summed E-state index contributed by atoms with van der Waals surface area (Å²) in [5, 5.41) is 0. The zero-order valence-electron chi connectivity index (χ0n) is 17.9. The molecule has 0 aromatic heterocycles. The molecule has 2 aliphatic heterocycles. The van der Waals surface area contributed by atoms with Gasteiger partial charge in [-0.2, -0.15) is 0 Å². The van der Waals surface area contributed by atoms with E-state index < -0.39 is 29.0 Å². The fourth-order valence-corrected chi connectivity index (χ4v) is 4.97. The smallest absolute Gasteiger partial charge is 0.256 e. The molecular formula is C25H19F3N2O3. The highest BCUT2D eigenvalue weighted by Gasteiger charge is 2.59. The van der Waals surface area contributed by atoms with Gasteiger partial charge in [0.15, 0.2) is 23.1 Å². The van der Waals surface area contributed by atoms with E-state index in [0.29, 0.717) is 34.6 Å². The summed E-state index contributed by atoms with van der Waals surface area (Å²) in [5.41, 5.74) is 0.804. The van der Waals surface area contributed by atoms with Crippen molar-refractivity contribution in [2.45, 2.75) is 12.6 Å². The predicted molar refractivity (Wildman–Crippen MR) is 113 cm³/mol. The molecule has 5 nitrogen and oxygen atoms in total. The van der Waals surface area contributed by atoms with Gasteiger partial charge in [-0.25, -0.2) is 13.2 Å². The summed E-state index contributed by atoms with van der Waals surface area (Å²) in [5.74, 6) is -4.87. The number of rotatable bonds is 3. The minimum absolute atomic E-state index is 0.130. The molecule has 3 aromatic carbocycles. The molecule has 168 valence electrons. The van der Waals surface area contributed by atoms with Crippen LogP contribution in [0.2, 0.25) is 0 Å². The molecule has 8 heteroatoms. The highest BCUT2D eigenvalue weighted by atomic mass is 19.2. The zero-order valence-corrected chi connectivity index (χ0v) is 17.9. The van der Waals surface area contributed by atoms with Crippen LogP contribution in [0.4, 0.5) is 13.2 Å². The Labute approximate surface area is 188 Å². The van der Waals surface area contributed by atoms with E-state index in [1.165, 1.54) is 4.90 Å². The van der Waals surface area contributed by atoms with Gasteiger partial charge in [0.2, 0.25) is 0 Å². The summed E-state index contributed by atoms with van der Waals surface area (Å²) >= 11 is 0. The summed E-state index contributed by atoms with van der Waals surface area (Å²) < 4.78 is 46.8. The second kappa shape index (κ2) is 7.37. The van der Waals surface area contributed by atoms with Crippen molar-refractivity contribution in [3.8, 4) is 5.75 Å². The lowest BCUT2D eigenvalue weighted by Gasteiger charge is -2.40. The second-order valence-electron chi connectivity index (χ2n) is 8.07. The third-order valence-corrected chi connectivity index (χ3v) is 6.38. The fourth-order valence-electron chi connectivity index (χ4n) is 4.97. The molecule has 0 aliphatic carbocycles.